The summed E-state index contributed by atoms with van der Waals surface area (Å²) >= 11 is 6.06. The zero-order valence-electron chi connectivity index (χ0n) is 10.3. The van der Waals surface area contributed by atoms with Gasteiger partial charge in [0.15, 0.2) is 0 Å². The Labute approximate surface area is 111 Å². The molecule has 0 radical (unpaired) electrons. The Kier molecular flexibility index (Phi) is 3.93. The molecule has 1 fully saturated rings. The quantitative estimate of drug-likeness (QED) is 0.860. The second kappa shape index (κ2) is 5.14. The van der Waals surface area contributed by atoms with Gasteiger partial charge in [-0.15, -0.1) is 0 Å². The molecular weight excluding hydrogens is 258 g/mol. The monoisotopic (exact) mass is 274 g/mol. The van der Waals surface area contributed by atoms with Crippen molar-refractivity contribution in [1.82, 2.24) is 0 Å². The highest BCUT2D eigenvalue weighted by molar-refractivity contribution is 6.31. The van der Waals surface area contributed by atoms with E-state index in [4.69, 9.17) is 11.6 Å². The van der Waals surface area contributed by atoms with Crippen molar-refractivity contribution in [2.75, 3.05) is 0 Å². The summed E-state index contributed by atoms with van der Waals surface area (Å²) < 4.78 is 26.1. The summed E-state index contributed by atoms with van der Waals surface area (Å²) in [5, 5.41) is 10.6. The molecule has 0 aliphatic heterocycles. The van der Waals surface area contributed by atoms with Gasteiger partial charge in [-0.1, -0.05) is 23.7 Å². The maximum absolute atomic E-state index is 13.1. The molecule has 0 bridgehead atoms. The van der Waals surface area contributed by atoms with Gasteiger partial charge in [-0.3, -0.25) is 0 Å². The fraction of sp³-hybridized carbons (Fsp3) is 0.571. The molecule has 1 aromatic rings. The smallest absolute Gasteiger partial charge is 0.248 e. The number of hydrogen-bond acceptors (Lipinski definition) is 1. The first kappa shape index (κ1) is 13.8. The molecule has 2 unspecified atom stereocenters. The van der Waals surface area contributed by atoms with Crippen LogP contribution in [0.5, 0.6) is 0 Å². The van der Waals surface area contributed by atoms with Crippen molar-refractivity contribution < 1.29 is 13.9 Å². The van der Waals surface area contributed by atoms with Crippen LogP contribution in [0.25, 0.3) is 0 Å². The molecule has 0 aromatic heterocycles. The number of rotatable bonds is 3. The molecule has 1 aliphatic rings. The Bertz CT molecular complexity index is 434. The van der Waals surface area contributed by atoms with Crippen LogP contribution in [0, 0.1) is 12.8 Å². The van der Waals surface area contributed by atoms with E-state index in [1.807, 2.05) is 13.0 Å². The lowest BCUT2D eigenvalue weighted by Crippen LogP contribution is -2.11. The number of hydrogen-bond donors (Lipinski definition) is 1. The number of alkyl halides is 2. The minimum atomic E-state index is -2.55. The van der Waals surface area contributed by atoms with Gasteiger partial charge in [0.05, 0.1) is 6.10 Å². The van der Waals surface area contributed by atoms with Crippen molar-refractivity contribution in [1.29, 1.82) is 0 Å². The largest absolute Gasteiger partial charge is 0.388 e. The molecule has 2 atom stereocenters. The normalized spacial score (nSPS) is 24.2. The van der Waals surface area contributed by atoms with Crippen molar-refractivity contribution in [3.63, 3.8) is 0 Å². The average molecular weight is 275 g/mol. The first-order valence-corrected chi connectivity index (χ1v) is 6.57. The summed E-state index contributed by atoms with van der Waals surface area (Å²) in [6.45, 7) is 1.92. The van der Waals surface area contributed by atoms with Crippen molar-refractivity contribution in [2.24, 2.45) is 5.92 Å². The summed E-state index contributed by atoms with van der Waals surface area (Å²) in [6.07, 6.45) is -0.0946. The van der Waals surface area contributed by atoms with Crippen molar-refractivity contribution in [3.05, 3.63) is 34.3 Å². The van der Waals surface area contributed by atoms with Crippen LogP contribution >= 0.6 is 11.6 Å². The molecule has 0 heterocycles. The van der Waals surface area contributed by atoms with Gasteiger partial charge in [0, 0.05) is 17.9 Å². The van der Waals surface area contributed by atoms with Gasteiger partial charge < -0.3 is 5.11 Å². The molecule has 1 nitrogen and oxygen atoms in total. The molecule has 18 heavy (non-hydrogen) atoms. The van der Waals surface area contributed by atoms with Crippen LogP contribution in [0.4, 0.5) is 8.78 Å². The molecule has 0 amide bonds. The Hall–Kier alpha value is -0.670. The van der Waals surface area contributed by atoms with E-state index in [0.29, 0.717) is 23.4 Å². The number of aliphatic hydroxyl groups is 1. The van der Waals surface area contributed by atoms with E-state index in [0.717, 1.165) is 5.56 Å². The first-order valence-electron chi connectivity index (χ1n) is 6.19. The van der Waals surface area contributed by atoms with Gasteiger partial charge >= 0.3 is 0 Å². The van der Waals surface area contributed by atoms with E-state index in [1.54, 1.807) is 12.1 Å². The van der Waals surface area contributed by atoms with Gasteiger partial charge in [0.1, 0.15) is 0 Å². The minimum Gasteiger partial charge on any atom is -0.388 e. The second-order valence-electron chi connectivity index (χ2n) is 5.24. The van der Waals surface area contributed by atoms with Crippen LogP contribution in [0.2, 0.25) is 5.02 Å². The third kappa shape index (κ3) is 3.21. The van der Waals surface area contributed by atoms with E-state index in [2.05, 4.69) is 0 Å². The van der Waals surface area contributed by atoms with Gasteiger partial charge in [-0.05, 0) is 42.9 Å². The highest BCUT2D eigenvalue weighted by Crippen LogP contribution is 2.43. The minimum absolute atomic E-state index is 0.0635. The maximum Gasteiger partial charge on any atom is 0.248 e. The first-order chi connectivity index (χ1) is 8.37. The van der Waals surface area contributed by atoms with Crippen molar-refractivity contribution in [3.8, 4) is 0 Å². The Balaban J connectivity index is 2.02. The molecule has 0 spiro atoms. The lowest BCUT2D eigenvalue weighted by molar-refractivity contribution is 0.00255. The summed E-state index contributed by atoms with van der Waals surface area (Å²) in [5.41, 5.74) is 1.65. The zero-order valence-corrected chi connectivity index (χ0v) is 11.1. The number of aliphatic hydroxyl groups excluding tert-OH is 1. The van der Waals surface area contributed by atoms with Gasteiger partial charge in [0.25, 0.3) is 0 Å². The topological polar surface area (TPSA) is 20.2 Å². The highest BCUT2D eigenvalue weighted by atomic mass is 35.5. The second-order valence-corrected chi connectivity index (χ2v) is 5.65. The van der Waals surface area contributed by atoms with Gasteiger partial charge in [-0.2, -0.15) is 0 Å². The van der Waals surface area contributed by atoms with Crippen LogP contribution in [0.1, 0.15) is 42.9 Å². The van der Waals surface area contributed by atoms with Gasteiger partial charge in [0.2, 0.25) is 5.92 Å². The van der Waals surface area contributed by atoms with Crippen LogP contribution < -0.4 is 0 Å². The van der Waals surface area contributed by atoms with Crippen LogP contribution in [0.3, 0.4) is 0 Å². The molecular formula is C14H17ClF2O. The lowest BCUT2D eigenvalue weighted by atomic mass is 9.95. The Morgan fingerprint density at radius 2 is 2.22 bits per heavy atom. The number of aryl methyl sites for hydroxylation is 1. The molecule has 2 rings (SSSR count). The Morgan fingerprint density at radius 1 is 1.50 bits per heavy atom. The summed E-state index contributed by atoms with van der Waals surface area (Å²) in [7, 11) is 0. The SMILES string of the molecule is Cc1ccc(C(O)CC2CCC(F)(F)C2)c(Cl)c1. The molecule has 1 aromatic carbocycles. The molecule has 1 aliphatic carbocycles. The number of halogens is 3. The standard InChI is InChI=1S/C14H17ClF2O/c1-9-2-3-11(12(15)6-9)13(18)7-10-4-5-14(16,17)8-10/h2-3,6,10,13,18H,4-5,7-8H2,1H3. The third-order valence-electron chi connectivity index (χ3n) is 3.58. The van der Waals surface area contributed by atoms with E-state index < -0.39 is 12.0 Å². The summed E-state index contributed by atoms with van der Waals surface area (Å²) in [5.74, 6) is -2.67. The summed E-state index contributed by atoms with van der Waals surface area (Å²) in [4.78, 5) is 0. The van der Waals surface area contributed by atoms with E-state index >= 15 is 0 Å². The summed E-state index contributed by atoms with van der Waals surface area (Å²) in [6, 6.07) is 5.42. The molecule has 0 saturated heterocycles. The zero-order chi connectivity index (χ0) is 13.3. The van der Waals surface area contributed by atoms with Crippen LogP contribution in [0.15, 0.2) is 18.2 Å². The average Bonchev–Trinajstić information content (AvgIpc) is 2.57. The predicted octanol–water partition coefficient (Wildman–Crippen LogP) is 4.51. The Morgan fingerprint density at radius 3 is 2.78 bits per heavy atom. The fourth-order valence-corrected chi connectivity index (χ4v) is 2.95. The predicted molar refractivity (Wildman–Crippen MR) is 68.1 cm³/mol. The lowest BCUT2D eigenvalue weighted by Gasteiger charge is -2.17. The van der Waals surface area contributed by atoms with Gasteiger partial charge in [-0.25, -0.2) is 8.78 Å². The molecule has 1 saturated carbocycles. The van der Waals surface area contributed by atoms with Crippen molar-refractivity contribution >= 4 is 11.6 Å². The van der Waals surface area contributed by atoms with Crippen molar-refractivity contribution in [2.45, 2.75) is 44.6 Å². The third-order valence-corrected chi connectivity index (χ3v) is 3.90. The maximum atomic E-state index is 13.1. The molecule has 100 valence electrons. The molecule has 4 heteroatoms. The van der Waals surface area contributed by atoms with E-state index in [9.17, 15) is 13.9 Å². The molecule has 1 N–H and O–H groups in total. The highest BCUT2D eigenvalue weighted by Gasteiger charge is 2.40. The van der Waals surface area contributed by atoms with E-state index in [1.165, 1.54) is 0 Å². The number of benzene rings is 1. The van der Waals surface area contributed by atoms with E-state index in [-0.39, 0.29) is 18.8 Å². The fourth-order valence-electron chi connectivity index (χ4n) is 2.59. The van der Waals surface area contributed by atoms with Crippen LogP contribution in [-0.2, 0) is 0 Å². The van der Waals surface area contributed by atoms with Crippen LogP contribution in [-0.4, -0.2) is 11.0 Å².